The number of hydrogen-bond acceptors (Lipinski definition) is 4. The Balaban J connectivity index is 1.46. The predicted octanol–water partition coefficient (Wildman–Crippen LogP) is 4.09. The van der Waals surface area contributed by atoms with Crippen LogP contribution < -0.4 is 10.9 Å². The van der Waals surface area contributed by atoms with Gasteiger partial charge in [0.1, 0.15) is 5.82 Å². The van der Waals surface area contributed by atoms with Crippen LogP contribution >= 0.6 is 0 Å². The van der Waals surface area contributed by atoms with Crippen molar-refractivity contribution in [3.8, 4) is 22.4 Å². The summed E-state index contributed by atoms with van der Waals surface area (Å²) in [5, 5.41) is 3.75. The van der Waals surface area contributed by atoms with Gasteiger partial charge in [0.2, 0.25) is 0 Å². The van der Waals surface area contributed by atoms with Crippen LogP contribution in [0.3, 0.4) is 0 Å². The second-order valence-electron chi connectivity index (χ2n) is 9.08. The molecule has 1 saturated heterocycles. The molecule has 186 valence electrons. The molecule has 1 fully saturated rings. The molecule has 2 aromatic heterocycles. The molecule has 1 amide bonds. The van der Waals surface area contributed by atoms with Crippen molar-refractivity contribution in [2.24, 2.45) is 0 Å². The number of hydrogen-bond donors (Lipinski definition) is 3. The molecule has 7 nitrogen and oxygen atoms in total. The van der Waals surface area contributed by atoms with Gasteiger partial charge in [-0.2, -0.15) is 0 Å². The average Bonchev–Trinajstić information content (AvgIpc) is 3.27. The molecule has 4 aromatic rings. The number of aryl methyl sites for hydroxylation is 1. The van der Waals surface area contributed by atoms with Gasteiger partial charge < -0.3 is 20.0 Å². The maximum absolute atomic E-state index is 14.5. The number of amides is 1. The summed E-state index contributed by atoms with van der Waals surface area (Å²) in [5.74, 6) is -0.496. The molecule has 8 heteroatoms. The first-order chi connectivity index (χ1) is 17.5. The second-order valence-corrected chi connectivity index (χ2v) is 9.08. The third kappa shape index (κ3) is 4.96. The van der Waals surface area contributed by atoms with Crippen LogP contribution in [0.1, 0.15) is 22.3 Å². The molecule has 3 heterocycles. The number of carbonyl (C=O) groups is 1. The highest BCUT2D eigenvalue weighted by Gasteiger charge is 2.19. The van der Waals surface area contributed by atoms with Gasteiger partial charge in [-0.3, -0.25) is 14.5 Å². The largest absolute Gasteiger partial charge is 0.379 e. The molecule has 1 aliphatic heterocycles. The number of nitrogens with zero attached hydrogens (tertiary/aromatic N) is 1. The number of aromatic amines is 2. The quantitative estimate of drug-likeness (QED) is 0.342. The van der Waals surface area contributed by atoms with Gasteiger partial charge in [-0.1, -0.05) is 12.1 Å². The number of fused-ring (bicyclic) bond motifs is 1. The molecule has 0 radical (unpaired) electrons. The summed E-state index contributed by atoms with van der Waals surface area (Å²) in [6.07, 6.45) is 2.42. The maximum atomic E-state index is 14.5. The van der Waals surface area contributed by atoms with E-state index in [1.165, 1.54) is 6.07 Å². The Morgan fingerprint density at radius 2 is 1.97 bits per heavy atom. The van der Waals surface area contributed by atoms with Crippen molar-refractivity contribution in [3.05, 3.63) is 82.0 Å². The van der Waals surface area contributed by atoms with E-state index in [1.54, 1.807) is 43.5 Å². The predicted molar refractivity (Wildman–Crippen MR) is 139 cm³/mol. The lowest BCUT2D eigenvalue weighted by atomic mass is 9.97. The van der Waals surface area contributed by atoms with Crippen molar-refractivity contribution in [3.63, 3.8) is 0 Å². The fourth-order valence-electron chi connectivity index (χ4n) is 4.63. The maximum Gasteiger partial charge on any atom is 0.257 e. The van der Waals surface area contributed by atoms with Gasteiger partial charge in [0, 0.05) is 47.9 Å². The third-order valence-electron chi connectivity index (χ3n) is 6.65. The number of morpholine rings is 1. The highest BCUT2D eigenvalue weighted by atomic mass is 19.1. The monoisotopic (exact) mass is 488 g/mol. The zero-order valence-electron chi connectivity index (χ0n) is 20.2. The zero-order chi connectivity index (χ0) is 25.1. The zero-order valence-corrected chi connectivity index (χ0v) is 20.2. The van der Waals surface area contributed by atoms with Crippen molar-refractivity contribution < 1.29 is 13.9 Å². The van der Waals surface area contributed by atoms with E-state index in [2.05, 4.69) is 20.2 Å². The second kappa shape index (κ2) is 10.5. The standard InChI is InChI=1S/C28H29FN4O3/c1-18-5-6-19(17-23(18)29)25-22-16-20(27(34)30-10-3-11-33-12-14-36-15-13-33)7-8-24(22)32-26(25)21-4-2-9-31-28(21)35/h2,4-9,16-17,32H,3,10-15H2,1H3,(H,30,34)(H,31,35). The molecule has 3 N–H and O–H groups in total. The fourth-order valence-corrected chi connectivity index (χ4v) is 4.63. The Morgan fingerprint density at radius 3 is 2.75 bits per heavy atom. The summed E-state index contributed by atoms with van der Waals surface area (Å²) in [6, 6.07) is 13.9. The number of nitrogens with one attached hydrogen (secondary N) is 3. The lowest BCUT2D eigenvalue weighted by Gasteiger charge is -2.26. The van der Waals surface area contributed by atoms with E-state index in [-0.39, 0.29) is 17.3 Å². The normalized spacial score (nSPS) is 14.3. The molecule has 0 unspecified atom stereocenters. The third-order valence-corrected chi connectivity index (χ3v) is 6.65. The summed E-state index contributed by atoms with van der Waals surface area (Å²) in [4.78, 5) is 33.9. The van der Waals surface area contributed by atoms with E-state index < -0.39 is 0 Å². The van der Waals surface area contributed by atoms with Crippen molar-refractivity contribution in [1.29, 1.82) is 0 Å². The molecule has 0 saturated carbocycles. The number of carbonyl (C=O) groups excluding carboxylic acids is 1. The van der Waals surface area contributed by atoms with Crippen LogP contribution in [0.25, 0.3) is 33.3 Å². The molecular formula is C28H29FN4O3. The van der Waals surface area contributed by atoms with Gasteiger partial charge in [-0.15, -0.1) is 0 Å². The number of aromatic nitrogens is 2. The molecule has 36 heavy (non-hydrogen) atoms. The number of rotatable bonds is 7. The fraction of sp³-hybridized carbons (Fsp3) is 0.286. The van der Waals surface area contributed by atoms with Crippen LogP contribution in [0, 0.1) is 12.7 Å². The van der Waals surface area contributed by atoms with E-state index in [0.29, 0.717) is 40.1 Å². The highest BCUT2D eigenvalue weighted by molar-refractivity contribution is 6.07. The first-order valence-electron chi connectivity index (χ1n) is 12.2. The molecule has 2 aromatic carbocycles. The summed E-state index contributed by atoms with van der Waals surface area (Å²) >= 11 is 0. The van der Waals surface area contributed by atoms with Crippen molar-refractivity contribution >= 4 is 16.8 Å². The van der Waals surface area contributed by atoms with Gasteiger partial charge in [0.25, 0.3) is 11.5 Å². The van der Waals surface area contributed by atoms with E-state index in [9.17, 15) is 14.0 Å². The molecular weight excluding hydrogens is 459 g/mol. The molecule has 5 rings (SSSR count). The van der Waals surface area contributed by atoms with Gasteiger partial charge in [-0.25, -0.2) is 4.39 Å². The number of pyridine rings is 1. The van der Waals surface area contributed by atoms with Crippen LogP contribution in [0.15, 0.2) is 59.5 Å². The van der Waals surface area contributed by atoms with E-state index in [4.69, 9.17) is 4.74 Å². The summed E-state index contributed by atoms with van der Waals surface area (Å²) in [7, 11) is 0. The van der Waals surface area contributed by atoms with Gasteiger partial charge >= 0.3 is 0 Å². The van der Waals surface area contributed by atoms with Gasteiger partial charge in [0.15, 0.2) is 0 Å². The number of ether oxygens (including phenoxy) is 1. The van der Waals surface area contributed by atoms with Crippen LogP contribution in [0.4, 0.5) is 4.39 Å². The Morgan fingerprint density at radius 1 is 1.14 bits per heavy atom. The van der Waals surface area contributed by atoms with E-state index in [1.807, 2.05) is 12.1 Å². The minimum absolute atomic E-state index is 0.166. The molecule has 0 aliphatic carbocycles. The summed E-state index contributed by atoms with van der Waals surface area (Å²) in [6.45, 7) is 6.56. The molecule has 0 bridgehead atoms. The first-order valence-corrected chi connectivity index (χ1v) is 12.2. The Kier molecular flexibility index (Phi) is 6.97. The molecule has 1 aliphatic rings. The first kappa shape index (κ1) is 24.0. The van der Waals surface area contributed by atoms with Crippen LogP contribution in [-0.4, -0.2) is 60.2 Å². The van der Waals surface area contributed by atoms with Crippen molar-refractivity contribution in [1.82, 2.24) is 20.2 Å². The van der Waals surface area contributed by atoms with Gasteiger partial charge in [-0.05, 0) is 67.4 Å². The average molecular weight is 489 g/mol. The van der Waals surface area contributed by atoms with Crippen molar-refractivity contribution in [2.45, 2.75) is 13.3 Å². The smallest absolute Gasteiger partial charge is 0.257 e. The topological polar surface area (TPSA) is 90.2 Å². The lowest BCUT2D eigenvalue weighted by molar-refractivity contribution is 0.0374. The highest BCUT2D eigenvalue weighted by Crippen LogP contribution is 2.38. The van der Waals surface area contributed by atoms with E-state index >= 15 is 0 Å². The molecule has 0 atom stereocenters. The SMILES string of the molecule is Cc1ccc(-c2c(-c3ccc[nH]c3=O)[nH]c3ccc(C(=O)NCCCN4CCOCC4)cc23)cc1F. The van der Waals surface area contributed by atoms with Crippen LogP contribution in [0.5, 0.6) is 0 Å². The minimum atomic E-state index is -0.330. The number of halogens is 1. The molecule has 0 spiro atoms. The summed E-state index contributed by atoms with van der Waals surface area (Å²) < 4.78 is 19.9. The number of benzene rings is 2. The number of H-pyrrole nitrogens is 2. The Labute approximate surface area is 208 Å². The summed E-state index contributed by atoms with van der Waals surface area (Å²) in [5.41, 5.74) is 3.89. The van der Waals surface area contributed by atoms with Crippen LogP contribution in [-0.2, 0) is 4.74 Å². The lowest BCUT2D eigenvalue weighted by Crippen LogP contribution is -2.38. The van der Waals surface area contributed by atoms with Gasteiger partial charge in [0.05, 0.1) is 24.5 Å². The van der Waals surface area contributed by atoms with Crippen LogP contribution in [0.2, 0.25) is 0 Å². The Hall–Kier alpha value is -3.75. The Bertz CT molecular complexity index is 1450. The van der Waals surface area contributed by atoms with E-state index in [0.717, 1.165) is 50.2 Å². The minimum Gasteiger partial charge on any atom is -0.379 e. The van der Waals surface area contributed by atoms with Crippen molar-refractivity contribution in [2.75, 3.05) is 39.4 Å².